The van der Waals surface area contributed by atoms with Crippen molar-refractivity contribution in [2.24, 2.45) is 5.92 Å². The van der Waals surface area contributed by atoms with Gasteiger partial charge in [0.25, 0.3) is 5.91 Å². The second-order valence-electron chi connectivity index (χ2n) is 6.33. The highest BCUT2D eigenvalue weighted by molar-refractivity contribution is 7.94. The van der Waals surface area contributed by atoms with Gasteiger partial charge in [0.1, 0.15) is 0 Å². The van der Waals surface area contributed by atoms with E-state index in [1.165, 1.54) is 23.1 Å². The highest BCUT2D eigenvalue weighted by atomic mass is 35.5. The van der Waals surface area contributed by atoms with Crippen molar-refractivity contribution in [1.82, 2.24) is 0 Å². The lowest BCUT2D eigenvalue weighted by Gasteiger charge is -2.23. The normalized spacial score (nSPS) is 18.6. The summed E-state index contributed by atoms with van der Waals surface area (Å²) in [6.07, 6.45) is 0. The van der Waals surface area contributed by atoms with Crippen molar-refractivity contribution >= 4 is 44.8 Å². The first-order valence-corrected chi connectivity index (χ1v) is 10.5. The summed E-state index contributed by atoms with van der Waals surface area (Å²) in [6, 6.07) is 13.3. The lowest BCUT2D eigenvalue weighted by molar-refractivity contribution is -0.119. The fourth-order valence-corrected chi connectivity index (χ4v) is 5.10. The van der Waals surface area contributed by atoms with Gasteiger partial charge in [-0.1, -0.05) is 36.7 Å². The molecule has 1 heterocycles. The van der Waals surface area contributed by atoms with E-state index in [9.17, 15) is 18.0 Å². The number of amides is 2. The zero-order valence-corrected chi connectivity index (χ0v) is 16.5. The summed E-state index contributed by atoms with van der Waals surface area (Å²) in [5.74, 6) is -1.75. The highest BCUT2D eigenvalue weighted by Gasteiger charge is 2.42. The van der Waals surface area contributed by atoms with Crippen molar-refractivity contribution in [1.29, 1.82) is 0 Å². The maximum Gasteiger partial charge on any atom is 0.259 e. The number of benzene rings is 2. The van der Waals surface area contributed by atoms with Gasteiger partial charge in [0.2, 0.25) is 15.9 Å². The van der Waals surface area contributed by atoms with Crippen LogP contribution in [-0.2, 0) is 14.8 Å². The van der Waals surface area contributed by atoms with Crippen molar-refractivity contribution in [3.8, 4) is 0 Å². The van der Waals surface area contributed by atoms with Crippen LogP contribution in [0.1, 0.15) is 24.2 Å². The minimum atomic E-state index is -3.76. The first-order valence-electron chi connectivity index (χ1n) is 8.49. The molecule has 1 fully saturated rings. The zero-order chi connectivity index (χ0) is 19.8. The predicted molar refractivity (Wildman–Crippen MR) is 106 cm³/mol. The highest BCUT2D eigenvalue weighted by Crippen LogP contribution is 2.32. The van der Waals surface area contributed by atoms with Crippen LogP contribution in [0.4, 0.5) is 11.4 Å². The molecule has 1 aliphatic heterocycles. The number of para-hydroxylation sites is 1. The first kappa shape index (κ1) is 19.4. The van der Waals surface area contributed by atoms with Crippen LogP contribution in [0.25, 0.3) is 0 Å². The van der Waals surface area contributed by atoms with Crippen LogP contribution in [0.2, 0.25) is 5.02 Å². The van der Waals surface area contributed by atoms with E-state index >= 15 is 0 Å². The van der Waals surface area contributed by atoms with Crippen LogP contribution < -0.4 is 9.21 Å². The molecule has 3 rings (SSSR count). The number of sulfonamides is 1. The van der Waals surface area contributed by atoms with Gasteiger partial charge < -0.3 is 4.90 Å². The minimum Gasteiger partial charge on any atom is -0.309 e. The minimum absolute atomic E-state index is 0.126. The Balaban J connectivity index is 2.03. The maximum atomic E-state index is 13.1. The Hall–Kier alpha value is -2.38. The van der Waals surface area contributed by atoms with Crippen molar-refractivity contribution in [2.75, 3.05) is 21.5 Å². The molecule has 1 atom stereocenters. The molecular formula is C19H19ClN2O4S. The molecular weight excluding hydrogens is 388 g/mol. The lowest BCUT2D eigenvalue weighted by atomic mass is 10.1. The van der Waals surface area contributed by atoms with Crippen molar-refractivity contribution in [2.45, 2.75) is 13.8 Å². The average molecular weight is 407 g/mol. The number of hydrogen-bond acceptors (Lipinski definition) is 4. The molecule has 2 amide bonds. The van der Waals surface area contributed by atoms with Gasteiger partial charge in [-0.2, -0.15) is 0 Å². The number of rotatable bonds is 4. The van der Waals surface area contributed by atoms with E-state index in [4.69, 9.17) is 11.6 Å². The fraction of sp³-hybridized carbons (Fsp3) is 0.263. The van der Waals surface area contributed by atoms with Crippen molar-refractivity contribution in [3.05, 3.63) is 59.1 Å². The molecule has 0 bridgehead atoms. The molecule has 1 aliphatic rings. The van der Waals surface area contributed by atoms with Gasteiger partial charge in [0, 0.05) is 12.2 Å². The number of carbonyl (C=O) groups is 2. The van der Waals surface area contributed by atoms with Gasteiger partial charge in [0.05, 0.1) is 27.9 Å². The largest absolute Gasteiger partial charge is 0.309 e. The molecule has 0 aliphatic carbocycles. The lowest BCUT2D eigenvalue weighted by Crippen LogP contribution is -2.32. The van der Waals surface area contributed by atoms with E-state index in [0.29, 0.717) is 12.2 Å². The van der Waals surface area contributed by atoms with Gasteiger partial charge in [0.15, 0.2) is 0 Å². The van der Waals surface area contributed by atoms with Gasteiger partial charge in [-0.15, -0.1) is 0 Å². The second kappa shape index (κ2) is 7.32. The molecule has 27 heavy (non-hydrogen) atoms. The van der Waals surface area contributed by atoms with Crippen LogP contribution in [0.15, 0.2) is 48.5 Å². The Bertz CT molecular complexity index is 992. The van der Waals surface area contributed by atoms with E-state index < -0.39 is 21.8 Å². The Kier molecular flexibility index (Phi) is 5.26. The van der Waals surface area contributed by atoms with E-state index in [0.717, 1.165) is 4.31 Å². The van der Waals surface area contributed by atoms with E-state index in [-0.39, 0.29) is 27.9 Å². The van der Waals surface area contributed by atoms with Gasteiger partial charge in [-0.3, -0.25) is 9.59 Å². The SMILES string of the molecule is CCN(C(=O)c1cc(N2C(=O)C(C)CS2(=O)=O)ccc1Cl)c1ccccc1. The number of halogens is 1. The second-order valence-corrected chi connectivity index (χ2v) is 8.60. The van der Waals surface area contributed by atoms with Crippen molar-refractivity contribution in [3.63, 3.8) is 0 Å². The molecule has 6 nitrogen and oxygen atoms in total. The molecule has 2 aromatic rings. The third-order valence-electron chi connectivity index (χ3n) is 4.40. The molecule has 0 radical (unpaired) electrons. The Morgan fingerprint density at radius 1 is 1.22 bits per heavy atom. The topological polar surface area (TPSA) is 74.8 Å². The zero-order valence-electron chi connectivity index (χ0n) is 14.9. The van der Waals surface area contributed by atoms with Gasteiger partial charge in [-0.25, -0.2) is 12.7 Å². The maximum absolute atomic E-state index is 13.1. The molecule has 8 heteroatoms. The number of hydrogen-bond donors (Lipinski definition) is 0. The summed E-state index contributed by atoms with van der Waals surface area (Å²) in [7, 11) is -3.76. The van der Waals surface area contributed by atoms with Crippen LogP contribution in [0.3, 0.4) is 0 Å². The molecule has 142 valence electrons. The van der Waals surface area contributed by atoms with Gasteiger partial charge in [-0.05, 0) is 37.3 Å². The van der Waals surface area contributed by atoms with Gasteiger partial charge >= 0.3 is 0 Å². The molecule has 2 aromatic carbocycles. The summed E-state index contributed by atoms with van der Waals surface area (Å²) in [4.78, 5) is 26.9. The number of carbonyl (C=O) groups excluding carboxylic acids is 2. The van der Waals surface area contributed by atoms with Crippen LogP contribution >= 0.6 is 11.6 Å². The summed E-state index contributed by atoms with van der Waals surface area (Å²) in [5, 5.41) is 0.190. The summed E-state index contributed by atoms with van der Waals surface area (Å²) >= 11 is 6.22. The fourth-order valence-electron chi connectivity index (χ4n) is 3.09. The molecule has 0 N–H and O–H groups in total. The molecule has 1 saturated heterocycles. The van der Waals surface area contributed by atoms with Crippen LogP contribution in [0.5, 0.6) is 0 Å². The van der Waals surface area contributed by atoms with E-state index in [2.05, 4.69) is 0 Å². The molecule has 0 aromatic heterocycles. The Morgan fingerprint density at radius 3 is 2.44 bits per heavy atom. The Morgan fingerprint density at radius 2 is 1.89 bits per heavy atom. The van der Waals surface area contributed by atoms with E-state index in [1.54, 1.807) is 19.1 Å². The van der Waals surface area contributed by atoms with Crippen LogP contribution in [0, 0.1) is 5.92 Å². The smallest absolute Gasteiger partial charge is 0.259 e. The quantitative estimate of drug-likeness (QED) is 0.780. The number of anilines is 2. The third kappa shape index (κ3) is 3.57. The molecule has 1 unspecified atom stereocenters. The molecule has 0 saturated carbocycles. The number of nitrogens with zero attached hydrogens (tertiary/aromatic N) is 2. The first-order chi connectivity index (χ1) is 12.8. The summed E-state index contributed by atoms with van der Waals surface area (Å²) < 4.78 is 25.4. The molecule has 0 spiro atoms. The van der Waals surface area contributed by atoms with Crippen molar-refractivity contribution < 1.29 is 18.0 Å². The monoisotopic (exact) mass is 406 g/mol. The summed E-state index contributed by atoms with van der Waals surface area (Å²) in [6.45, 7) is 3.80. The average Bonchev–Trinajstić information content (AvgIpc) is 2.84. The van der Waals surface area contributed by atoms with Crippen LogP contribution in [-0.4, -0.2) is 32.5 Å². The standard InChI is InChI=1S/C19H19ClN2O4S/c1-3-21(14-7-5-4-6-8-14)19(24)16-11-15(9-10-17(16)20)22-18(23)13(2)12-27(22,25)26/h4-11,13H,3,12H2,1-2H3. The summed E-state index contributed by atoms with van der Waals surface area (Å²) in [5.41, 5.74) is 0.966. The Labute approximate surface area is 163 Å². The predicted octanol–water partition coefficient (Wildman–Crippen LogP) is 3.32. The third-order valence-corrected chi connectivity index (χ3v) is 6.60. The van der Waals surface area contributed by atoms with E-state index in [1.807, 2.05) is 25.1 Å².